The van der Waals surface area contributed by atoms with Crippen LogP contribution in [0.25, 0.3) is 0 Å². The van der Waals surface area contributed by atoms with Gasteiger partial charge in [0.2, 0.25) is 11.8 Å². The van der Waals surface area contributed by atoms with Crippen LogP contribution in [0, 0.1) is 11.3 Å². The lowest BCUT2D eigenvalue weighted by atomic mass is 9.78. The van der Waals surface area contributed by atoms with E-state index in [1.807, 2.05) is 35.2 Å². The third-order valence-electron chi connectivity index (χ3n) is 6.35. The SMILES string of the molecule is CC(C)(C)CC(=O)N1CC[C@@](C)(O)[C@@H](NC(=O)C2CCCC2)[C@@H]1c1ccccc1. The number of benzene rings is 1. The number of piperidine rings is 1. The van der Waals surface area contributed by atoms with Crippen LogP contribution in [0.3, 0.4) is 0 Å². The van der Waals surface area contributed by atoms with Crippen LogP contribution in [-0.2, 0) is 9.59 Å². The minimum Gasteiger partial charge on any atom is -0.388 e. The van der Waals surface area contributed by atoms with Gasteiger partial charge in [-0.05, 0) is 37.2 Å². The zero-order valence-electron chi connectivity index (χ0n) is 18.3. The van der Waals surface area contributed by atoms with Crippen molar-refractivity contribution in [2.45, 2.75) is 83.9 Å². The number of aliphatic hydroxyl groups is 1. The smallest absolute Gasteiger partial charge is 0.223 e. The number of amides is 2. The Morgan fingerprint density at radius 2 is 1.79 bits per heavy atom. The first-order chi connectivity index (χ1) is 13.6. The van der Waals surface area contributed by atoms with Crippen molar-refractivity contribution < 1.29 is 14.7 Å². The summed E-state index contributed by atoms with van der Waals surface area (Å²) in [4.78, 5) is 28.1. The molecule has 0 spiro atoms. The summed E-state index contributed by atoms with van der Waals surface area (Å²) in [7, 11) is 0. The molecular weight excluding hydrogens is 364 g/mol. The topological polar surface area (TPSA) is 69.6 Å². The van der Waals surface area contributed by atoms with Gasteiger partial charge in [-0.2, -0.15) is 0 Å². The largest absolute Gasteiger partial charge is 0.388 e. The molecule has 0 unspecified atom stereocenters. The van der Waals surface area contributed by atoms with Crippen LogP contribution in [0.15, 0.2) is 30.3 Å². The Labute approximate surface area is 174 Å². The molecule has 1 saturated carbocycles. The fourth-order valence-corrected chi connectivity index (χ4v) is 4.71. The van der Waals surface area contributed by atoms with Crippen molar-refractivity contribution in [3.63, 3.8) is 0 Å². The number of hydrogen-bond acceptors (Lipinski definition) is 3. The van der Waals surface area contributed by atoms with E-state index in [4.69, 9.17) is 0 Å². The van der Waals surface area contributed by atoms with Gasteiger partial charge in [-0.3, -0.25) is 9.59 Å². The Bertz CT molecular complexity index is 717. The number of hydrogen-bond donors (Lipinski definition) is 2. The van der Waals surface area contributed by atoms with Crippen LogP contribution in [0.2, 0.25) is 0 Å². The van der Waals surface area contributed by atoms with Gasteiger partial charge < -0.3 is 15.3 Å². The van der Waals surface area contributed by atoms with Crippen LogP contribution in [-0.4, -0.2) is 40.0 Å². The molecule has 2 fully saturated rings. The number of carbonyl (C=O) groups is 2. The Kier molecular flexibility index (Phi) is 6.37. The molecule has 5 nitrogen and oxygen atoms in total. The fraction of sp³-hybridized carbons (Fsp3) is 0.667. The third-order valence-corrected chi connectivity index (χ3v) is 6.35. The normalized spacial score (nSPS) is 28.4. The molecule has 3 atom stereocenters. The average Bonchev–Trinajstić information content (AvgIpc) is 3.17. The van der Waals surface area contributed by atoms with E-state index in [2.05, 4.69) is 26.1 Å². The summed E-state index contributed by atoms with van der Waals surface area (Å²) in [5, 5.41) is 14.4. The number of carbonyl (C=O) groups excluding carboxylic acids is 2. The summed E-state index contributed by atoms with van der Waals surface area (Å²) < 4.78 is 0. The molecule has 2 amide bonds. The lowest BCUT2D eigenvalue weighted by Gasteiger charge is -2.49. The zero-order valence-corrected chi connectivity index (χ0v) is 18.3. The molecule has 0 bridgehead atoms. The molecule has 5 heteroatoms. The molecule has 1 heterocycles. The lowest BCUT2D eigenvalue weighted by molar-refractivity contribution is -0.148. The van der Waals surface area contributed by atoms with E-state index < -0.39 is 11.6 Å². The van der Waals surface area contributed by atoms with Gasteiger partial charge in [-0.1, -0.05) is 63.9 Å². The average molecular weight is 401 g/mol. The van der Waals surface area contributed by atoms with Gasteiger partial charge in [-0.25, -0.2) is 0 Å². The molecule has 2 N–H and O–H groups in total. The zero-order chi connectivity index (χ0) is 21.2. The van der Waals surface area contributed by atoms with E-state index in [9.17, 15) is 14.7 Å². The molecule has 1 aromatic rings. The van der Waals surface area contributed by atoms with Gasteiger partial charge in [0, 0.05) is 18.9 Å². The number of rotatable bonds is 4. The number of nitrogens with zero attached hydrogens (tertiary/aromatic N) is 1. The summed E-state index contributed by atoms with van der Waals surface area (Å²) >= 11 is 0. The van der Waals surface area contributed by atoms with Crippen molar-refractivity contribution in [2.75, 3.05) is 6.54 Å². The highest BCUT2D eigenvalue weighted by molar-refractivity contribution is 5.80. The molecule has 160 valence electrons. The Hall–Kier alpha value is -1.88. The minimum atomic E-state index is -1.08. The number of nitrogens with one attached hydrogen (secondary N) is 1. The van der Waals surface area contributed by atoms with Crippen molar-refractivity contribution in [1.29, 1.82) is 0 Å². The van der Waals surface area contributed by atoms with Crippen LogP contribution in [0.5, 0.6) is 0 Å². The lowest BCUT2D eigenvalue weighted by Crippen LogP contribution is -2.64. The monoisotopic (exact) mass is 400 g/mol. The molecule has 0 aromatic heterocycles. The summed E-state index contributed by atoms with van der Waals surface area (Å²) in [6.45, 7) is 8.44. The van der Waals surface area contributed by atoms with Crippen molar-refractivity contribution in [3.8, 4) is 0 Å². The van der Waals surface area contributed by atoms with Crippen LogP contribution in [0.1, 0.15) is 77.8 Å². The second-order valence-electron chi connectivity index (χ2n) is 10.3. The van der Waals surface area contributed by atoms with E-state index >= 15 is 0 Å². The summed E-state index contributed by atoms with van der Waals surface area (Å²) in [6, 6.07) is 8.89. The minimum absolute atomic E-state index is 0.0128. The van der Waals surface area contributed by atoms with E-state index in [-0.39, 0.29) is 29.2 Å². The quantitative estimate of drug-likeness (QED) is 0.807. The first-order valence-electron chi connectivity index (χ1n) is 11.0. The maximum absolute atomic E-state index is 13.2. The van der Waals surface area contributed by atoms with E-state index in [0.29, 0.717) is 19.4 Å². The second-order valence-corrected chi connectivity index (χ2v) is 10.3. The van der Waals surface area contributed by atoms with Gasteiger partial charge in [-0.15, -0.1) is 0 Å². The molecular formula is C24H36N2O3. The van der Waals surface area contributed by atoms with Gasteiger partial charge >= 0.3 is 0 Å². The predicted octanol–water partition coefficient (Wildman–Crippen LogP) is 3.82. The van der Waals surface area contributed by atoms with Crippen LogP contribution < -0.4 is 5.32 Å². The van der Waals surface area contributed by atoms with Gasteiger partial charge in [0.15, 0.2) is 0 Å². The van der Waals surface area contributed by atoms with Crippen molar-refractivity contribution in [2.24, 2.45) is 11.3 Å². The molecule has 29 heavy (non-hydrogen) atoms. The summed E-state index contributed by atoms with van der Waals surface area (Å²) in [6.07, 6.45) is 4.85. The first kappa shape index (κ1) is 21.8. The second kappa shape index (κ2) is 8.47. The summed E-state index contributed by atoms with van der Waals surface area (Å²) in [5.74, 6) is 0.101. The Balaban J connectivity index is 1.93. The third kappa shape index (κ3) is 5.19. The van der Waals surface area contributed by atoms with Gasteiger partial charge in [0.1, 0.15) is 0 Å². The van der Waals surface area contributed by atoms with Crippen molar-refractivity contribution >= 4 is 11.8 Å². The molecule has 1 aliphatic heterocycles. The van der Waals surface area contributed by atoms with E-state index in [1.165, 1.54) is 0 Å². The van der Waals surface area contributed by atoms with Gasteiger partial charge in [0.25, 0.3) is 0 Å². The molecule has 1 saturated heterocycles. The molecule has 2 aliphatic rings. The highest BCUT2D eigenvalue weighted by atomic mass is 16.3. The number of likely N-dealkylation sites (tertiary alicyclic amines) is 1. The molecule has 3 rings (SSSR count). The maximum atomic E-state index is 13.2. The fourth-order valence-electron chi connectivity index (χ4n) is 4.71. The predicted molar refractivity (Wildman–Crippen MR) is 114 cm³/mol. The van der Waals surface area contributed by atoms with Crippen molar-refractivity contribution in [3.05, 3.63) is 35.9 Å². The Morgan fingerprint density at radius 3 is 2.38 bits per heavy atom. The van der Waals surface area contributed by atoms with Crippen LogP contribution >= 0.6 is 0 Å². The molecule has 1 aliphatic carbocycles. The van der Waals surface area contributed by atoms with Gasteiger partial charge in [0.05, 0.1) is 17.7 Å². The summed E-state index contributed by atoms with van der Waals surface area (Å²) in [5.41, 5.74) is -0.250. The standard InChI is InChI=1S/C24H36N2O3/c1-23(2,3)16-19(27)26-15-14-24(4,29)21(20(26)17-10-6-5-7-11-17)25-22(28)18-12-8-9-13-18/h5-7,10-11,18,20-21,29H,8-9,12-16H2,1-4H3,(H,25,28)/t20-,21-,24+/m0/s1. The van der Waals surface area contributed by atoms with E-state index in [1.54, 1.807) is 6.92 Å². The van der Waals surface area contributed by atoms with Crippen molar-refractivity contribution in [1.82, 2.24) is 10.2 Å². The Morgan fingerprint density at radius 1 is 1.17 bits per heavy atom. The van der Waals surface area contributed by atoms with E-state index in [0.717, 1.165) is 31.2 Å². The molecule has 1 aromatic carbocycles. The highest BCUT2D eigenvalue weighted by Crippen LogP contribution is 2.39. The highest BCUT2D eigenvalue weighted by Gasteiger charge is 2.48. The first-order valence-corrected chi connectivity index (χ1v) is 11.0. The maximum Gasteiger partial charge on any atom is 0.223 e. The molecule has 0 radical (unpaired) electrons. The van der Waals surface area contributed by atoms with Crippen LogP contribution in [0.4, 0.5) is 0 Å².